The summed E-state index contributed by atoms with van der Waals surface area (Å²) in [7, 11) is 0. The Morgan fingerprint density at radius 2 is 1.82 bits per heavy atom. The van der Waals surface area contributed by atoms with Gasteiger partial charge in [0.1, 0.15) is 11.7 Å². The average molecular weight is 298 g/mol. The van der Waals surface area contributed by atoms with Crippen molar-refractivity contribution >= 4 is 11.9 Å². The number of hydrogen-bond acceptors (Lipinski definition) is 3. The molecule has 0 fully saturated rings. The van der Waals surface area contributed by atoms with Crippen molar-refractivity contribution in [3.63, 3.8) is 0 Å². The molecule has 112 valence electrons. The lowest BCUT2D eigenvalue weighted by molar-refractivity contribution is -0.142. The second kappa shape index (κ2) is 5.48. The Morgan fingerprint density at radius 3 is 2.50 bits per heavy atom. The Kier molecular flexibility index (Phi) is 3.50. The van der Waals surface area contributed by atoms with Crippen LogP contribution < -0.4 is 5.56 Å². The molecule has 2 heterocycles. The minimum atomic E-state index is -1.05. The number of carbonyl (C=O) groups is 2. The molecular formula is C16H14N2O4. The van der Waals surface area contributed by atoms with Crippen molar-refractivity contribution < 1.29 is 14.7 Å². The maximum atomic E-state index is 12.6. The number of rotatable bonds is 2. The second-order valence-electron chi connectivity index (χ2n) is 5.19. The van der Waals surface area contributed by atoms with Gasteiger partial charge < -0.3 is 15.0 Å². The van der Waals surface area contributed by atoms with Gasteiger partial charge in [-0.3, -0.25) is 9.59 Å². The van der Waals surface area contributed by atoms with E-state index >= 15 is 0 Å². The third-order valence-corrected chi connectivity index (χ3v) is 3.79. The van der Waals surface area contributed by atoms with Gasteiger partial charge in [-0.05, 0) is 17.2 Å². The molecule has 2 N–H and O–H groups in total. The number of fused-ring (bicyclic) bond motifs is 1. The van der Waals surface area contributed by atoms with E-state index < -0.39 is 23.5 Å². The van der Waals surface area contributed by atoms with Gasteiger partial charge in [0.2, 0.25) is 5.56 Å². The topological polar surface area (TPSA) is 90.5 Å². The van der Waals surface area contributed by atoms with E-state index in [0.29, 0.717) is 0 Å². The highest BCUT2D eigenvalue weighted by molar-refractivity contribution is 5.95. The highest BCUT2D eigenvalue weighted by atomic mass is 16.4. The number of H-pyrrole nitrogens is 1. The van der Waals surface area contributed by atoms with Crippen LogP contribution in [0.2, 0.25) is 0 Å². The first-order valence-corrected chi connectivity index (χ1v) is 6.86. The minimum absolute atomic E-state index is 0.0955. The van der Waals surface area contributed by atoms with Crippen LogP contribution in [0.4, 0.5) is 0 Å². The fourth-order valence-corrected chi connectivity index (χ4v) is 2.68. The zero-order valence-corrected chi connectivity index (χ0v) is 11.7. The molecule has 0 radical (unpaired) electrons. The third-order valence-electron chi connectivity index (χ3n) is 3.79. The lowest BCUT2D eigenvalue weighted by atomic mass is 9.93. The Labute approximate surface area is 126 Å². The summed E-state index contributed by atoms with van der Waals surface area (Å²) in [6.07, 6.45) is 0.258. The minimum Gasteiger partial charge on any atom is -0.480 e. The van der Waals surface area contributed by atoms with Gasteiger partial charge in [-0.2, -0.15) is 0 Å². The predicted octanol–water partition coefficient (Wildman–Crippen LogP) is 1.03. The van der Waals surface area contributed by atoms with Gasteiger partial charge in [0.25, 0.3) is 5.91 Å². The highest BCUT2D eigenvalue weighted by Crippen LogP contribution is 2.24. The summed E-state index contributed by atoms with van der Waals surface area (Å²) in [5.41, 5.74) is 1.56. The largest absolute Gasteiger partial charge is 0.480 e. The number of pyridine rings is 1. The van der Waals surface area contributed by atoms with Gasteiger partial charge in [-0.1, -0.05) is 30.3 Å². The molecule has 1 aliphatic heterocycles. The van der Waals surface area contributed by atoms with Gasteiger partial charge >= 0.3 is 5.97 Å². The molecule has 3 rings (SSSR count). The Balaban J connectivity index is 1.99. The van der Waals surface area contributed by atoms with Crippen LogP contribution in [-0.2, 0) is 17.8 Å². The standard InChI is InChI=1S/C16H14N2O4/c19-14-7-3-6-12(17-14)15(20)18-9-11-5-2-1-4-10(11)8-13(18)16(21)22/h1-7,13H,8-9H2,(H,17,19)(H,21,22)/t13-/m1/s1. The van der Waals surface area contributed by atoms with E-state index in [2.05, 4.69) is 4.98 Å². The van der Waals surface area contributed by atoms with E-state index in [1.807, 2.05) is 24.3 Å². The predicted molar refractivity (Wildman–Crippen MR) is 78.5 cm³/mol. The van der Waals surface area contributed by atoms with Crippen molar-refractivity contribution in [2.45, 2.75) is 19.0 Å². The number of hydrogen-bond donors (Lipinski definition) is 2. The average Bonchev–Trinajstić information content (AvgIpc) is 2.52. The van der Waals surface area contributed by atoms with Crippen LogP contribution in [0.3, 0.4) is 0 Å². The molecule has 1 aromatic carbocycles. The number of carbonyl (C=O) groups excluding carboxylic acids is 1. The van der Waals surface area contributed by atoms with Crippen molar-refractivity contribution in [3.8, 4) is 0 Å². The summed E-state index contributed by atoms with van der Waals surface area (Å²) in [6.45, 7) is 0.211. The SMILES string of the molecule is O=C(O)[C@H]1Cc2ccccc2CN1C(=O)c1cccc(=O)[nH]1. The Hall–Kier alpha value is -2.89. The maximum absolute atomic E-state index is 12.6. The first-order chi connectivity index (χ1) is 10.6. The van der Waals surface area contributed by atoms with Crippen molar-refractivity contribution in [3.05, 3.63) is 69.6 Å². The molecule has 2 aromatic rings. The van der Waals surface area contributed by atoms with Crippen LogP contribution in [0.5, 0.6) is 0 Å². The molecule has 1 atom stereocenters. The summed E-state index contributed by atoms with van der Waals surface area (Å²) in [6, 6.07) is 10.8. The highest BCUT2D eigenvalue weighted by Gasteiger charge is 2.35. The van der Waals surface area contributed by atoms with E-state index in [9.17, 15) is 19.5 Å². The zero-order valence-electron chi connectivity index (χ0n) is 11.7. The van der Waals surface area contributed by atoms with Gasteiger partial charge in [-0.25, -0.2) is 4.79 Å². The monoisotopic (exact) mass is 298 g/mol. The van der Waals surface area contributed by atoms with Crippen LogP contribution in [0.1, 0.15) is 21.6 Å². The molecule has 0 spiro atoms. The smallest absolute Gasteiger partial charge is 0.326 e. The van der Waals surface area contributed by atoms with E-state index in [-0.39, 0.29) is 18.7 Å². The normalized spacial score (nSPS) is 16.9. The number of nitrogens with one attached hydrogen (secondary N) is 1. The fraction of sp³-hybridized carbons (Fsp3) is 0.188. The van der Waals surface area contributed by atoms with Gasteiger partial charge in [0.15, 0.2) is 0 Å². The number of carboxylic acid groups (broad SMARTS) is 1. The van der Waals surface area contributed by atoms with Crippen molar-refractivity contribution in [1.29, 1.82) is 0 Å². The molecule has 6 nitrogen and oxygen atoms in total. The number of nitrogens with zero attached hydrogens (tertiary/aromatic N) is 1. The number of aromatic nitrogens is 1. The third kappa shape index (κ3) is 2.50. The lowest BCUT2D eigenvalue weighted by Gasteiger charge is -2.34. The van der Waals surface area contributed by atoms with Gasteiger partial charge in [-0.15, -0.1) is 0 Å². The van der Waals surface area contributed by atoms with E-state index in [0.717, 1.165) is 11.1 Å². The second-order valence-corrected chi connectivity index (χ2v) is 5.19. The lowest BCUT2D eigenvalue weighted by Crippen LogP contribution is -2.49. The number of aliphatic carboxylic acids is 1. The molecule has 0 bridgehead atoms. The summed E-state index contributed by atoms with van der Waals surface area (Å²) >= 11 is 0. The quantitative estimate of drug-likeness (QED) is 0.866. The Bertz CT molecular complexity index is 796. The van der Waals surface area contributed by atoms with Crippen LogP contribution in [-0.4, -0.2) is 32.9 Å². The molecule has 0 saturated heterocycles. The molecular weight excluding hydrogens is 284 g/mol. The molecule has 1 aliphatic rings. The van der Waals surface area contributed by atoms with E-state index in [1.54, 1.807) is 0 Å². The molecule has 0 aliphatic carbocycles. The molecule has 1 amide bonds. The van der Waals surface area contributed by atoms with Gasteiger partial charge in [0, 0.05) is 19.0 Å². The van der Waals surface area contributed by atoms with E-state index in [4.69, 9.17) is 0 Å². The first-order valence-electron chi connectivity index (χ1n) is 6.86. The number of amides is 1. The summed E-state index contributed by atoms with van der Waals surface area (Å²) < 4.78 is 0. The van der Waals surface area contributed by atoms with Crippen molar-refractivity contribution in [2.75, 3.05) is 0 Å². The molecule has 6 heteroatoms. The first kappa shape index (κ1) is 14.1. The molecule has 1 aromatic heterocycles. The number of aromatic amines is 1. The van der Waals surface area contributed by atoms with Crippen molar-refractivity contribution in [2.24, 2.45) is 0 Å². The summed E-state index contributed by atoms with van der Waals surface area (Å²) in [5, 5.41) is 9.42. The van der Waals surface area contributed by atoms with Crippen LogP contribution in [0.15, 0.2) is 47.3 Å². The molecule has 0 saturated carbocycles. The number of carboxylic acids is 1. The van der Waals surface area contributed by atoms with Crippen LogP contribution >= 0.6 is 0 Å². The van der Waals surface area contributed by atoms with E-state index in [1.165, 1.54) is 23.1 Å². The van der Waals surface area contributed by atoms with Crippen molar-refractivity contribution in [1.82, 2.24) is 9.88 Å². The van der Waals surface area contributed by atoms with Crippen LogP contribution in [0.25, 0.3) is 0 Å². The molecule has 22 heavy (non-hydrogen) atoms. The fourth-order valence-electron chi connectivity index (χ4n) is 2.68. The number of benzene rings is 1. The summed E-state index contributed by atoms with van der Waals surface area (Å²) in [4.78, 5) is 39.2. The van der Waals surface area contributed by atoms with Crippen LogP contribution in [0, 0.1) is 0 Å². The zero-order chi connectivity index (χ0) is 15.7. The van der Waals surface area contributed by atoms with Gasteiger partial charge in [0.05, 0.1) is 0 Å². The Morgan fingerprint density at radius 1 is 1.09 bits per heavy atom. The summed E-state index contributed by atoms with van der Waals surface area (Å²) in [5.74, 6) is -1.54. The molecule has 0 unspecified atom stereocenters. The maximum Gasteiger partial charge on any atom is 0.326 e.